The van der Waals surface area contributed by atoms with Crippen LogP contribution in [-0.2, 0) is 23.8 Å². The van der Waals surface area contributed by atoms with Crippen LogP contribution < -0.4 is 5.32 Å². The highest BCUT2D eigenvalue weighted by atomic mass is 16.7. The van der Waals surface area contributed by atoms with Crippen LogP contribution in [0.2, 0.25) is 0 Å². The number of rotatable bonds is 66. The van der Waals surface area contributed by atoms with Crippen molar-refractivity contribution in [2.45, 2.75) is 384 Å². The summed E-state index contributed by atoms with van der Waals surface area (Å²) in [5.41, 5.74) is 0. The number of carbonyl (C=O) groups excluding carboxylic acids is 2. The lowest BCUT2D eigenvalue weighted by atomic mass is 9.99. The van der Waals surface area contributed by atoms with E-state index in [0.717, 1.165) is 83.5 Å². The van der Waals surface area contributed by atoms with Crippen molar-refractivity contribution in [2.75, 3.05) is 19.8 Å². The van der Waals surface area contributed by atoms with Crippen LogP contribution >= 0.6 is 0 Å². The van der Waals surface area contributed by atoms with Gasteiger partial charge < -0.3 is 45.1 Å². The molecule has 11 nitrogen and oxygen atoms in total. The maximum atomic E-state index is 13.0. The van der Waals surface area contributed by atoms with Crippen LogP contribution in [0, 0.1) is 0 Å². The van der Waals surface area contributed by atoms with E-state index in [1.165, 1.54) is 231 Å². The maximum absolute atomic E-state index is 13.0. The van der Waals surface area contributed by atoms with Crippen LogP contribution in [0.4, 0.5) is 0 Å². The minimum atomic E-state index is -1.58. The molecule has 7 atom stereocenters. The Balaban J connectivity index is 1.90. The fraction of sp³-hybridized carbons (Fsp3) is 0.797. The molecule has 1 fully saturated rings. The summed E-state index contributed by atoms with van der Waals surface area (Å²) in [4.78, 5) is 25.1. The smallest absolute Gasteiger partial charge is 0.305 e. The summed E-state index contributed by atoms with van der Waals surface area (Å²) in [5.74, 6) is -0.198. The van der Waals surface area contributed by atoms with Gasteiger partial charge in [0.2, 0.25) is 5.91 Å². The molecule has 7 unspecified atom stereocenters. The number of ether oxygens (including phenoxy) is 3. The van der Waals surface area contributed by atoms with Crippen molar-refractivity contribution in [3.05, 3.63) is 85.1 Å². The maximum Gasteiger partial charge on any atom is 0.305 e. The van der Waals surface area contributed by atoms with E-state index in [2.05, 4.69) is 92.1 Å². The third-order valence-corrected chi connectivity index (χ3v) is 17.4. The summed E-state index contributed by atoms with van der Waals surface area (Å²) in [5, 5.41) is 54.3. The molecule has 0 saturated carbocycles. The summed E-state index contributed by atoms with van der Waals surface area (Å²) in [6.45, 7) is 4.19. The quantitative estimate of drug-likeness (QED) is 0.0195. The van der Waals surface area contributed by atoms with Crippen LogP contribution in [0.5, 0.6) is 0 Å². The van der Waals surface area contributed by atoms with Crippen molar-refractivity contribution in [1.82, 2.24) is 5.32 Å². The average Bonchev–Trinajstić information content (AvgIpc) is 3.56. The number of aliphatic hydroxyl groups is 5. The molecule has 0 aliphatic carbocycles. The third-order valence-electron chi connectivity index (χ3n) is 17.4. The van der Waals surface area contributed by atoms with Crippen molar-refractivity contribution in [1.29, 1.82) is 0 Å². The second-order valence-corrected chi connectivity index (χ2v) is 25.9. The fourth-order valence-electron chi connectivity index (χ4n) is 11.5. The van der Waals surface area contributed by atoms with Gasteiger partial charge in [0.25, 0.3) is 0 Å². The Labute approximate surface area is 553 Å². The molecule has 0 aromatic carbocycles. The SMILES string of the molecule is CC/C=C/CC/C=C/CC/C=C/C(O)C(COC1OC(CO)C(O)C(O)C1O)NC(=O)CCCCCCCCCCCCCCCCCCC/C=C\C/C=C\CCCCCCCCCCCCCCCOC(=O)CCCCCCC/C=C\C/C=C\CCCCC. The van der Waals surface area contributed by atoms with Gasteiger partial charge in [0, 0.05) is 12.8 Å². The number of hydrogen-bond acceptors (Lipinski definition) is 10. The van der Waals surface area contributed by atoms with E-state index in [4.69, 9.17) is 14.2 Å². The molecule has 1 rings (SSSR count). The van der Waals surface area contributed by atoms with Gasteiger partial charge >= 0.3 is 5.97 Å². The first kappa shape index (κ1) is 84.9. The van der Waals surface area contributed by atoms with E-state index in [-0.39, 0.29) is 18.5 Å². The van der Waals surface area contributed by atoms with Crippen LogP contribution in [0.15, 0.2) is 85.1 Å². The summed E-state index contributed by atoms with van der Waals surface area (Å²) < 4.78 is 16.7. The number of nitrogens with one attached hydrogen (secondary N) is 1. The van der Waals surface area contributed by atoms with Crippen molar-refractivity contribution in [3.63, 3.8) is 0 Å². The molecule has 90 heavy (non-hydrogen) atoms. The number of unbranched alkanes of at least 4 members (excludes halogenated alkanes) is 40. The number of aliphatic hydroxyl groups excluding tert-OH is 5. The number of hydrogen-bond donors (Lipinski definition) is 6. The molecule has 0 spiro atoms. The van der Waals surface area contributed by atoms with Gasteiger partial charge in [-0.25, -0.2) is 0 Å². The molecule has 0 radical (unpaired) electrons. The van der Waals surface area contributed by atoms with Crippen LogP contribution in [0.25, 0.3) is 0 Å². The molecule has 1 amide bonds. The van der Waals surface area contributed by atoms with Gasteiger partial charge in [-0.3, -0.25) is 9.59 Å². The Morgan fingerprint density at radius 3 is 1.21 bits per heavy atom. The summed E-state index contributed by atoms with van der Waals surface area (Å²) in [6, 6.07) is -0.833. The van der Waals surface area contributed by atoms with Gasteiger partial charge in [-0.2, -0.15) is 0 Å². The van der Waals surface area contributed by atoms with Crippen LogP contribution in [0.1, 0.15) is 341 Å². The Kier molecular flexibility index (Phi) is 63.4. The zero-order chi connectivity index (χ0) is 65.1. The highest BCUT2D eigenvalue weighted by molar-refractivity contribution is 5.76. The van der Waals surface area contributed by atoms with Gasteiger partial charge in [-0.1, -0.05) is 298 Å². The van der Waals surface area contributed by atoms with E-state index < -0.39 is 49.5 Å². The van der Waals surface area contributed by atoms with Crippen molar-refractivity contribution < 1.29 is 49.3 Å². The van der Waals surface area contributed by atoms with E-state index in [9.17, 15) is 35.1 Å². The normalized spacial score (nSPS) is 18.1. The monoisotopic (exact) mass is 1260 g/mol. The zero-order valence-corrected chi connectivity index (χ0v) is 58.1. The Hall–Kier alpha value is -3.16. The molecule has 1 aliphatic rings. The average molecular weight is 1260 g/mol. The molecule has 1 heterocycles. The molecule has 0 bridgehead atoms. The van der Waals surface area contributed by atoms with Crippen molar-refractivity contribution in [2.24, 2.45) is 0 Å². The number of amides is 1. The molecule has 522 valence electrons. The summed E-state index contributed by atoms with van der Waals surface area (Å²) in [7, 11) is 0. The lowest BCUT2D eigenvalue weighted by Gasteiger charge is -2.40. The number of carbonyl (C=O) groups is 2. The van der Waals surface area contributed by atoms with Gasteiger partial charge in [0.1, 0.15) is 24.4 Å². The second-order valence-electron chi connectivity index (χ2n) is 25.9. The number of esters is 1. The third kappa shape index (κ3) is 55.3. The van der Waals surface area contributed by atoms with E-state index in [0.29, 0.717) is 19.4 Å². The standard InChI is InChI=1S/C79H141NO10/c1-3-5-7-9-11-13-15-16-40-44-47-51-55-59-63-67-75(84)88-68-64-60-56-52-48-45-42-39-37-35-33-31-29-27-25-23-21-19-17-18-20-22-24-26-28-30-32-34-36-38-41-43-46-50-54-58-62-66-74(83)80-71(70-89-79-78(87)77(86)76(85)73(69-81)90-79)72(82)65-61-57-53-49-14-12-10-8-6-4-2/h6,8,11,13-14,16-17,19,23,25,40,49,61,65,71-73,76-79,81-82,85-87H,3-5,7,9-10,12,15,18,20-22,24,26-39,41-48,50-60,62-64,66-70H2,1-2H3,(H,80,83)/b8-6+,13-11-,19-17-,25-23-,40-16-,49-14+,65-61+. The van der Waals surface area contributed by atoms with E-state index >= 15 is 0 Å². The van der Waals surface area contributed by atoms with Gasteiger partial charge in [0.05, 0.1) is 32.0 Å². The molecule has 1 aliphatic heterocycles. The lowest BCUT2D eigenvalue weighted by Crippen LogP contribution is -2.60. The second kappa shape index (κ2) is 67.3. The largest absolute Gasteiger partial charge is 0.466 e. The first-order chi connectivity index (χ1) is 44.2. The molecule has 1 saturated heterocycles. The summed E-state index contributed by atoms with van der Waals surface area (Å²) >= 11 is 0. The molecule has 6 N–H and O–H groups in total. The Morgan fingerprint density at radius 1 is 0.422 bits per heavy atom. The van der Waals surface area contributed by atoms with E-state index in [1.54, 1.807) is 6.08 Å². The number of allylic oxidation sites excluding steroid dienone is 13. The van der Waals surface area contributed by atoms with E-state index in [1.807, 2.05) is 6.08 Å². The highest BCUT2D eigenvalue weighted by Crippen LogP contribution is 2.23. The molecular formula is C79H141NO10. The van der Waals surface area contributed by atoms with Gasteiger partial charge in [-0.15, -0.1) is 0 Å². The van der Waals surface area contributed by atoms with Gasteiger partial charge in [-0.05, 0) is 116 Å². The first-order valence-corrected chi connectivity index (χ1v) is 37.9. The zero-order valence-electron chi connectivity index (χ0n) is 58.1. The predicted octanol–water partition coefficient (Wildman–Crippen LogP) is 20.0. The topological polar surface area (TPSA) is 175 Å². The Bertz CT molecular complexity index is 1770. The van der Waals surface area contributed by atoms with Crippen molar-refractivity contribution in [3.8, 4) is 0 Å². The minimum Gasteiger partial charge on any atom is -0.466 e. The molecule has 0 aromatic heterocycles. The summed E-state index contributed by atoms with van der Waals surface area (Å²) in [6.07, 6.45) is 83.4. The molecule has 11 heteroatoms. The first-order valence-electron chi connectivity index (χ1n) is 37.9. The molecular weight excluding hydrogens is 1120 g/mol. The van der Waals surface area contributed by atoms with Gasteiger partial charge in [0.15, 0.2) is 6.29 Å². The minimum absolute atomic E-state index is 0.00226. The highest BCUT2D eigenvalue weighted by Gasteiger charge is 2.44. The molecule has 0 aromatic rings. The predicted molar refractivity (Wildman–Crippen MR) is 379 cm³/mol. The lowest BCUT2D eigenvalue weighted by molar-refractivity contribution is -0.302. The van der Waals surface area contributed by atoms with Crippen molar-refractivity contribution >= 4 is 11.9 Å². The van der Waals surface area contributed by atoms with Crippen LogP contribution in [-0.4, -0.2) is 100 Å². The Morgan fingerprint density at radius 2 is 0.789 bits per heavy atom. The fourth-order valence-corrected chi connectivity index (χ4v) is 11.5. The van der Waals surface area contributed by atoms with Crippen LogP contribution in [0.3, 0.4) is 0 Å².